The summed E-state index contributed by atoms with van der Waals surface area (Å²) in [5.74, 6) is 0.344. The van der Waals surface area contributed by atoms with Crippen LogP contribution in [-0.4, -0.2) is 27.3 Å². The van der Waals surface area contributed by atoms with Gasteiger partial charge in [-0.2, -0.15) is 0 Å². The summed E-state index contributed by atoms with van der Waals surface area (Å²) in [7, 11) is 1.61. The zero-order valence-electron chi connectivity index (χ0n) is 13.0. The lowest BCUT2D eigenvalue weighted by atomic mass is 10.3. The Morgan fingerprint density at radius 1 is 1.29 bits per heavy atom. The Kier molecular flexibility index (Phi) is 5.21. The molecule has 6 nitrogen and oxygen atoms in total. The summed E-state index contributed by atoms with van der Waals surface area (Å²) in [6.07, 6.45) is 1.88. The number of aryl methyl sites for hydroxylation is 1. The van der Waals surface area contributed by atoms with Gasteiger partial charge in [-0.05, 0) is 30.3 Å². The molecule has 0 spiro atoms. The van der Waals surface area contributed by atoms with Crippen LogP contribution in [0.25, 0.3) is 0 Å². The molecule has 0 saturated heterocycles. The van der Waals surface area contributed by atoms with Crippen molar-refractivity contribution in [2.24, 2.45) is 0 Å². The maximum absolute atomic E-state index is 14.2. The van der Waals surface area contributed by atoms with Gasteiger partial charge in [0.05, 0.1) is 12.8 Å². The van der Waals surface area contributed by atoms with Crippen LogP contribution < -0.4 is 10.1 Å². The van der Waals surface area contributed by atoms with Crippen LogP contribution in [0.1, 0.15) is 12.6 Å². The fourth-order valence-corrected chi connectivity index (χ4v) is 3.61. The summed E-state index contributed by atoms with van der Waals surface area (Å²) in [5, 5.41) is 12.1. The first-order valence-corrected chi connectivity index (χ1v) is 8.74. The molecule has 0 unspecified atom stereocenters. The van der Waals surface area contributed by atoms with E-state index in [1.807, 2.05) is 31.2 Å². The lowest BCUT2D eigenvalue weighted by molar-refractivity contribution is 0.415. The number of benzene rings is 1. The average molecular weight is 363 g/mol. The van der Waals surface area contributed by atoms with Crippen molar-refractivity contribution in [3.05, 3.63) is 42.1 Å². The van der Waals surface area contributed by atoms with Gasteiger partial charge in [-0.15, -0.1) is 10.2 Å². The van der Waals surface area contributed by atoms with Crippen molar-refractivity contribution in [2.75, 3.05) is 12.4 Å². The summed E-state index contributed by atoms with van der Waals surface area (Å²) < 4.78 is 20.0. The van der Waals surface area contributed by atoms with E-state index in [2.05, 4.69) is 25.5 Å². The lowest BCUT2D eigenvalue weighted by Crippen LogP contribution is -1.97. The minimum absolute atomic E-state index is 0.255. The Bertz CT molecular complexity index is 842. The van der Waals surface area contributed by atoms with Crippen LogP contribution in [0.2, 0.25) is 0 Å². The van der Waals surface area contributed by atoms with Crippen molar-refractivity contribution in [1.29, 1.82) is 0 Å². The van der Waals surface area contributed by atoms with Gasteiger partial charge < -0.3 is 10.1 Å². The first kappa shape index (κ1) is 16.6. The van der Waals surface area contributed by atoms with Crippen molar-refractivity contribution in [3.8, 4) is 5.75 Å². The van der Waals surface area contributed by atoms with Crippen LogP contribution in [-0.2, 0) is 6.42 Å². The lowest BCUT2D eigenvalue weighted by Gasteiger charge is -2.04. The summed E-state index contributed by atoms with van der Waals surface area (Å²) in [5.41, 5.74) is 1.23. The maximum Gasteiger partial charge on any atom is 0.210 e. The zero-order chi connectivity index (χ0) is 16.9. The third kappa shape index (κ3) is 3.80. The third-order valence-electron chi connectivity index (χ3n) is 3.08. The van der Waals surface area contributed by atoms with E-state index in [4.69, 9.17) is 4.74 Å². The number of nitrogens with one attached hydrogen (secondary N) is 1. The van der Waals surface area contributed by atoms with E-state index in [9.17, 15) is 4.39 Å². The number of aromatic nitrogens is 4. The van der Waals surface area contributed by atoms with Gasteiger partial charge >= 0.3 is 0 Å². The van der Waals surface area contributed by atoms with Crippen molar-refractivity contribution in [1.82, 2.24) is 20.2 Å². The largest absolute Gasteiger partial charge is 0.497 e. The molecular formula is C15H14FN5OS2. The number of nitrogens with zero attached hydrogens (tertiary/aromatic N) is 4. The quantitative estimate of drug-likeness (QED) is 0.665. The number of halogens is 1. The highest BCUT2D eigenvalue weighted by atomic mass is 32.2. The topological polar surface area (TPSA) is 72.8 Å². The van der Waals surface area contributed by atoms with E-state index in [1.165, 1.54) is 17.7 Å². The highest BCUT2D eigenvalue weighted by Gasteiger charge is 2.14. The number of anilines is 2. The van der Waals surface area contributed by atoms with Gasteiger partial charge in [-0.25, -0.2) is 14.4 Å². The number of hydrogen-bond donors (Lipinski definition) is 1. The van der Waals surface area contributed by atoms with Crippen LogP contribution in [0.3, 0.4) is 0 Å². The van der Waals surface area contributed by atoms with Crippen LogP contribution in [0.15, 0.2) is 40.0 Å². The number of methoxy groups -OCH3 is 1. The molecule has 0 fully saturated rings. The zero-order valence-corrected chi connectivity index (χ0v) is 14.6. The molecule has 0 bridgehead atoms. The Hall–Kier alpha value is -2.26. The SMILES string of the molecule is CCc1ncnc(Sc2nnc(Nc3cccc(OC)c3)s2)c1F. The van der Waals surface area contributed by atoms with Crippen LogP contribution in [0, 0.1) is 5.82 Å². The first-order valence-electron chi connectivity index (χ1n) is 7.11. The monoisotopic (exact) mass is 363 g/mol. The third-order valence-corrected chi connectivity index (χ3v) is 4.94. The van der Waals surface area contributed by atoms with E-state index in [-0.39, 0.29) is 5.03 Å². The smallest absolute Gasteiger partial charge is 0.210 e. The second kappa shape index (κ2) is 7.54. The van der Waals surface area contributed by atoms with Crippen LogP contribution >= 0.6 is 23.1 Å². The van der Waals surface area contributed by atoms with Gasteiger partial charge in [0, 0.05) is 11.8 Å². The predicted molar refractivity (Wildman–Crippen MR) is 91.7 cm³/mol. The number of hydrogen-bond acceptors (Lipinski definition) is 8. The minimum Gasteiger partial charge on any atom is -0.497 e. The van der Waals surface area contributed by atoms with Crippen molar-refractivity contribution in [2.45, 2.75) is 22.7 Å². The van der Waals surface area contributed by atoms with Gasteiger partial charge in [-0.3, -0.25) is 0 Å². The van der Waals surface area contributed by atoms with Crippen LogP contribution in [0.4, 0.5) is 15.2 Å². The molecule has 124 valence electrons. The fourth-order valence-electron chi connectivity index (χ4n) is 1.91. The number of ether oxygens (including phenoxy) is 1. The molecule has 0 aliphatic carbocycles. The molecule has 0 atom stereocenters. The number of rotatable bonds is 6. The molecule has 9 heteroatoms. The Morgan fingerprint density at radius 3 is 2.96 bits per heavy atom. The van der Waals surface area contributed by atoms with E-state index in [0.717, 1.165) is 23.2 Å². The van der Waals surface area contributed by atoms with Gasteiger partial charge in [0.15, 0.2) is 10.2 Å². The molecular weight excluding hydrogens is 349 g/mol. The standard InChI is InChI=1S/C15H14FN5OS2/c1-3-11-12(16)13(18-8-17-11)23-15-21-20-14(24-15)19-9-5-4-6-10(7-9)22-2/h4-8H,3H2,1-2H3,(H,19,20). The second-order valence-corrected chi connectivity index (χ2v) is 6.84. The maximum atomic E-state index is 14.2. The Morgan fingerprint density at radius 2 is 2.17 bits per heavy atom. The molecule has 0 amide bonds. The van der Waals surface area contributed by atoms with Gasteiger partial charge in [0.25, 0.3) is 0 Å². The summed E-state index contributed by atoms with van der Waals surface area (Å²) in [6.45, 7) is 1.85. The highest BCUT2D eigenvalue weighted by Crippen LogP contribution is 2.33. The van der Waals surface area contributed by atoms with Crippen molar-refractivity contribution >= 4 is 33.9 Å². The molecule has 2 aromatic heterocycles. The Balaban J connectivity index is 1.74. The van der Waals surface area contributed by atoms with Crippen molar-refractivity contribution < 1.29 is 9.13 Å². The molecule has 0 saturated carbocycles. The van der Waals surface area contributed by atoms with Gasteiger partial charge in [-0.1, -0.05) is 24.3 Å². The first-order chi connectivity index (χ1) is 11.7. The molecule has 3 aromatic rings. The predicted octanol–water partition coefficient (Wildman–Crippen LogP) is 3.93. The normalized spacial score (nSPS) is 10.6. The molecule has 2 heterocycles. The molecule has 3 rings (SSSR count). The van der Waals surface area contributed by atoms with Crippen LogP contribution in [0.5, 0.6) is 5.75 Å². The molecule has 1 aromatic carbocycles. The summed E-state index contributed by atoms with van der Waals surface area (Å²) >= 11 is 2.46. The highest BCUT2D eigenvalue weighted by molar-refractivity contribution is 8.01. The summed E-state index contributed by atoms with van der Waals surface area (Å²) in [6, 6.07) is 7.48. The fraction of sp³-hybridized carbons (Fsp3) is 0.200. The molecule has 0 aliphatic heterocycles. The average Bonchev–Trinajstić information content (AvgIpc) is 3.04. The molecule has 0 radical (unpaired) electrons. The van der Waals surface area contributed by atoms with E-state index >= 15 is 0 Å². The van der Waals surface area contributed by atoms with E-state index in [1.54, 1.807) is 7.11 Å². The molecule has 24 heavy (non-hydrogen) atoms. The second-order valence-electron chi connectivity index (χ2n) is 4.63. The molecule has 0 aliphatic rings. The van der Waals surface area contributed by atoms with Gasteiger partial charge in [0.2, 0.25) is 5.13 Å². The Labute approximate surface area is 146 Å². The minimum atomic E-state index is -0.400. The van der Waals surface area contributed by atoms with E-state index < -0.39 is 5.82 Å². The summed E-state index contributed by atoms with van der Waals surface area (Å²) in [4.78, 5) is 7.90. The van der Waals surface area contributed by atoms with E-state index in [0.29, 0.717) is 21.6 Å². The van der Waals surface area contributed by atoms with Gasteiger partial charge in [0.1, 0.15) is 17.1 Å². The molecule has 1 N–H and O–H groups in total. The van der Waals surface area contributed by atoms with Crippen molar-refractivity contribution in [3.63, 3.8) is 0 Å².